The van der Waals surface area contributed by atoms with Gasteiger partial charge in [-0.2, -0.15) is 0 Å². The van der Waals surface area contributed by atoms with Gasteiger partial charge >= 0.3 is 22.5 Å². The molecule has 0 aliphatic carbocycles. The van der Waals surface area contributed by atoms with E-state index < -0.39 is 15.3 Å². The molecule has 0 bridgehead atoms. The van der Waals surface area contributed by atoms with Crippen LogP contribution in [-0.4, -0.2) is 0 Å². The van der Waals surface area contributed by atoms with Gasteiger partial charge in [0, 0.05) is 21.1 Å². The molecule has 0 N–H and O–H groups in total. The first-order valence-electron chi connectivity index (χ1n) is 0.239. The maximum atomic E-state index is 9.56. The summed E-state index contributed by atoms with van der Waals surface area (Å²) in [5, 5.41) is 0. The van der Waals surface area contributed by atoms with Crippen molar-refractivity contribution in [3.63, 3.8) is 0 Å². The van der Waals surface area contributed by atoms with E-state index >= 15 is 0 Å². The van der Waals surface area contributed by atoms with E-state index in [9.17, 15) is 7.21 Å². The molecule has 0 heterocycles. The first-order valence-corrected chi connectivity index (χ1v) is 0.986. The Morgan fingerprint density at radius 3 is 1.25 bits per heavy atom. The average Bonchev–Trinajstić information content (AvgIpc) is 0.918. The Balaban J connectivity index is 0. The van der Waals surface area contributed by atoms with Gasteiger partial charge in [0.15, 0.2) is 0 Å². The summed E-state index contributed by atoms with van der Waals surface area (Å²) in [7, 11) is 0. The van der Waals surface area contributed by atoms with Gasteiger partial charge in [-0.3, -0.25) is 0 Å². The van der Waals surface area contributed by atoms with Crippen LogP contribution in [0.2, 0.25) is 0 Å². The van der Waals surface area contributed by atoms with E-state index in [1.807, 2.05) is 0 Å². The fraction of sp³-hybridized carbons (Fsp3) is 0. The van der Waals surface area contributed by atoms with Gasteiger partial charge in [-0.05, 0) is 0 Å². The fourth-order valence-electron chi connectivity index (χ4n) is 0. The minimum absolute atomic E-state index is 0. The minimum atomic E-state index is -1.38. The Labute approximate surface area is 43.9 Å². The van der Waals surface area contributed by atoms with Crippen LogP contribution in [0, 0.1) is 0 Å². The second kappa shape index (κ2) is 8.97. The molecule has 0 saturated heterocycles. The summed E-state index contributed by atoms with van der Waals surface area (Å²) in [5.41, 5.74) is 0. The standard InChI is InChI=1S/2FH.Ni.W/h2*1H;;/q;;+2;/p-2. The zero-order valence-electron chi connectivity index (χ0n) is 1.48. The summed E-state index contributed by atoms with van der Waals surface area (Å²) in [6.45, 7) is 0. The van der Waals surface area contributed by atoms with Crippen molar-refractivity contribution in [2.75, 3.05) is 0 Å². The van der Waals surface area contributed by atoms with Gasteiger partial charge in [0.2, 0.25) is 0 Å². The van der Waals surface area contributed by atoms with Crippen molar-refractivity contribution >= 4 is 0 Å². The molecule has 0 amide bonds. The van der Waals surface area contributed by atoms with E-state index in [0.29, 0.717) is 0 Å². The first-order chi connectivity index (χ1) is 1.41. The number of hydrogen-bond donors (Lipinski definition) is 0. The number of halogens is 2. The zero-order valence-corrected chi connectivity index (χ0v) is 5.40. The second-order valence-corrected chi connectivity index (χ2v) is 0.186. The van der Waals surface area contributed by atoms with Crippen molar-refractivity contribution in [1.82, 2.24) is 0 Å². The summed E-state index contributed by atoms with van der Waals surface area (Å²) >= 11 is -1.38. The van der Waals surface area contributed by atoms with E-state index in [1.54, 1.807) is 0 Å². The molecular weight excluding hydrogens is 281 g/mol. The number of hydrogen-bond acceptors (Lipinski definition) is 0. The van der Waals surface area contributed by atoms with Gasteiger partial charge < -0.3 is 0 Å². The minimum Gasteiger partial charge on any atom is 0 e. The Morgan fingerprint density at radius 2 is 1.25 bits per heavy atom. The molecule has 0 rings (SSSR count). The van der Waals surface area contributed by atoms with Gasteiger partial charge in [0.05, 0.1) is 0 Å². The molecule has 0 aliphatic heterocycles. The normalized spacial score (nSPS) is 5.50. The zero-order chi connectivity index (χ0) is 2.71. The molecule has 0 fully saturated rings. The van der Waals surface area contributed by atoms with Crippen molar-refractivity contribution in [2.24, 2.45) is 0 Å². The van der Waals surface area contributed by atoms with Crippen molar-refractivity contribution in [3.05, 3.63) is 0 Å². The molecule has 0 radical (unpaired) electrons. The quantitative estimate of drug-likeness (QED) is 0.577. The van der Waals surface area contributed by atoms with Gasteiger partial charge in [-0.1, -0.05) is 0 Å². The molecule has 0 spiro atoms. The molecule has 4 heavy (non-hydrogen) atoms. The smallest absolute Gasteiger partial charge is 0 e. The molecular formula is F2NiW. The van der Waals surface area contributed by atoms with Gasteiger partial charge in [-0.25, -0.2) is 0 Å². The van der Waals surface area contributed by atoms with Crippen LogP contribution in [-0.2, 0) is 36.4 Å². The van der Waals surface area contributed by atoms with Crippen LogP contribution < -0.4 is 0 Å². The topological polar surface area (TPSA) is 0 Å². The van der Waals surface area contributed by atoms with E-state index in [1.165, 1.54) is 0 Å². The van der Waals surface area contributed by atoms with Gasteiger partial charge in [0.1, 0.15) is 0 Å². The van der Waals surface area contributed by atoms with Crippen LogP contribution in [0.25, 0.3) is 0 Å². The van der Waals surface area contributed by atoms with Crippen LogP contribution in [0.1, 0.15) is 0 Å². The Morgan fingerprint density at radius 1 is 1.25 bits per heavy atom. The molecule has 0 atom stereocenters. The van der Waals surface area contributed by atoms with Crippen molar-refractivity contribution in [3.8, 4) is 0 Å². The number of rotatable bonds is 0. The van der Waals surface area contributed by atoms with Crippen LogP contribution >= 0.6 is 0 Å². The molecule has 0 aromatic heterocycles. The van der Waals surface area contributed by atoms with Crippen LogP contribution in [0.4, 0.5) is 7.21 Å². The third kappa shape index (κ3) is 11.7. The maximum absolute atomic E-state index is 9.56. The first kappa shape index (κ1) is 8.90. The maximum Gasteiger partial charge on any atom is 0 e. The van der Waals surface area contributed by atoms with Gasteiger partial charge in [0.25, 0.3) is 0 Å². The van der Waals surface area contributed by atoms with E-state index in [2.05, 4.69) is 0 Å². The SMILES string of the molecule is [F][Ni][F].[W]. The summed E-state index contributed by atoms with van der Waals surface area (Å²) in [6, 6.07) is 0. The monoisotopic (exact) mass is 280 g/mol. The Bertz CT molecular complexity index is 6.00. The average molecular weight is 281 g/mol. The van der Waals surface area contributed by atoms with E-state index in [0.717, 1.165) is 0 Å². The fourth-order valence-corrected chi connectivity index (χ4v) is 0. The molecule has 30 valence electrons. The molecule has 0 saturated carbocycles. The van der Waals surface area contributed by atoms with Crippen LogP contribution in [0.5, 0.6) is 0 Å². The summed E-state index contributed by atoms with van der Waals surface area (Å²) in [4.78, 5) is 0. The molecule has 0 aliphatic rings. The third-order valence-electron chi connectivity index (χ3n) is 0. The predicted molar refractivity (Wildman–Crippen MR) is 2.22 cm³/mol. The third-order valence-corrected chi connectivity index (χ3v) is 0. The van der Waals surface area contributed by atoms with Crippen LogP contribution in [0.3, 0.4) is 0 Å². The molecule has 0 aromatic rings. The van der Waals surface area contributed by atoms with E-state index in [-0.39, 0.29) is 21.1 Å². The van der Waals surface area contributed by atoms with Crippen molar-refractivity contribution in [2.45, 2.75) is 0 Å². The van der Waals surface area contributed by atoms with Crippen LogP contribution in [0.15, 0.2) is 0 Å². The second-order valence-electron chi connectivity index (χ2n) is 0.0452. The molecule has 0 nitrogen and oxygen atoms in total. The van der Waals surface area contributed by atoms with Crippen molar-refractivity contribution in [1.29, 1.82) is 0 Å². The molecule has 0 aromatic carbocycles. The Hall–Kier alpha value is 1.04. The molecule has 4 heteroatoms. The van der Waals surface area contributed by atoms with Crippen molar-refractivity contribution < 1.29 is 43.6 Å². The summed E-state index contributed by atoms with van der Waals surface area (Å²) in [6.07, 6.45) is 0. The Kier molecular flexibility index (Phi) is 20.0. The van der Waals surface area contributed by atoms with E-state index in [4.69, 9.17) is 0 Å². The molecule has 0 unspecified atom stereocenters. The summed E-state index contributed by atoms with van der Waals surface area (Å²) in [5.74, 6) is 0. The largest absolute Gasteiger partial charge is 0 e. The summed E-state index contributed by atoms with van der Waals surface area (Å²) < 4.78 is 19.1. The van der Waals surface area contributed by atoms with Gasteiger partial charge in [-0.15, -0.1) is 0 Å². The predicted octanol–water partition coefficient (Wildman–Crippen LogP) is 0.835.